The molecule has 0 saturated carbocycles. The summed E-state index contributed by atoms with van der Waals surface area (Å²) in [5.41, 5.74) is 6.85. The molecule has 0 bridgehead atoms. The molecule has 0 spiro atoms. The maximum absolute atomic E-state index is 10.0. The number of nitrogen functional groups attached to an aromatic ring is 1. The summed E-state index contributed by atoms with van der Waals surface area (Å²) in [7, 11) is 0. The van der Waals surface area contributed by atoms with Crippen molar-refractivity contribution in [2.45, 2.75) is 30.5 Å². The molecule has 9 heteroatoms. The summed E-state index contributed by atoms with van der Waals surface area (Å²) in [6.07, 6.45) is -6.60. The van der Waals surface area contributed by atoms with Crippen LogP contribution >= 0.6 is 0 Å². The van der Waals surface area contributed by atoms with E-state index in [-0.39, 0.29) is 11.7 Å². The van der Waals surface area contributed by atoms with Crippen molar-refractivity contribution >= 4 is 5.69 Å². The van der Waals surface area contributed by atoms with Crippen LogP contribution in [0.2, 0.25) is 0 Å². The highest BCUT2D eigenvalue weighted by Gasteiger charge is 2.46. The molecule has 1 aliphatic heterocycles. The molecular formula is C14H17N3O6. The van der Waals surface area contributed by atoms with Crippen molar-refractivity contribution in [1.29, 1.82) is 0 Å². The molecule has 0 radical (unpaired) electrons. The van der Waals surface area contributed by atoms with Crippen molar-refractivity contribution in [1.82, 2.24) is 10.1 Å². The molecule has 2 heterocycles. The van der Waals surface area contributed by atoms with Crippen molar-refractivity contribution in [3.05, 3.63) is 30.2 Å². The molecule has 1 aromatic carbocycles. The van der Waals surface area contributed by atoms with Crippen LogP contribution in [0, 0.1) is 0 Å². The van der Waals surface area contributed by atoms with Gasteiger partial charge < -0.3 is 35.4 Å². The molecule has 0 amide bonds. The molecule has 5 atom stereocenters. The fourth-order valence-electron chi connectivity index (χ4n) is 2.41. The molecule has 3 rings (SSSR count). The lowest BCUT2D eigenvalue weighted by Gasteiger charge is -2.38. The van der Waals surface area contributed by atoms with Gasteiger partial charge in [-0.05, 0) is 24.3 Å². The number of anilines is 1. The largest absolute Gasteiger partial charge is 0.399 e. The van der Waals surface area contributed by atoms with Crippen molar-refractivity contribution in [2.24, 2.45) is 0 Å². The van der Waals surface area contributed by atoms with Crippen molar-refractivity contribution in [3.8, 4) is 11.4 Å². The van der Waals surface area contributed by atoms with E-state index >= 15 is 0 Å². The third-order valence-corrected chi connectivity index (χ3v) is 3.75. The first-order chi connectivity index (χ1) is 11.0. The summed E-state index contributed by atoms with van der Waals surface area (Å²) in [4.78, 5) is 4.13. The third-order valence-electron chi connectivity index (χ3n) is 3.75. The van der Waals surface area contributed by atoms with E-state index in [4.69, 9.17) is 15.0 Å². The van der Waals surface area contributed by atoms with Gasteiger partial charge in [0.15, 0.2) is 6.10 Å². The first-order valence-electron chi connectivity index (χ1n) is 7.01. The lowest BCUT2D eigenvalue weighted by molar-refractivity contribution is -0.237. The number of hydrogen-bond donors (Lipinski definition) is 5. The lowest BCUT2D eigenvalue weighted by Crippen LogP contribution is -2.55. The number of nitrogens with zero attached hydrogens (tertiary/aromatic N) is 2. The number of nitrogens with two attached hydrogens (primary N) is 1. The van der Waals surface area contributed by atoms with E-state index in [0.717, 1.165) is 0 Å². The minimum absolute atomic E-state index is 0.0614. The van der Waals surface area contributed by atoms with Gasteiger partial charge in [0.2, 0.25) is 5.82 Å². The second kappa shape index (κ2) is 6.22. The van der Waals surface area contributed by atoms with Crippen molar-refractivity contribution < 1.29 is 29.7 Å². The topological polar surface area (TPSA) is 155 Å². The minimum Gasteiger partial charge on any atom is -0.399 e. The number of hydrogen-bond acceptors (Lipinski definition) is 9. The van der Waals surface area contributed by atoms with Crippen LogP contribution < -0.4 is 5.73 Å². The second-order valence-electron chi connectivity index (χ2n) is 5.33. The maximum atomic E-state index is 10.0. The summed E-state index contributed by atoms with van der Waals surface area (Å²) in [6.45, 7) is -0.527. The highest BCUT2D eigenvalue weighted by atomic mass is 16.6. The fraction of sp³-hybridized carbons (Fsp3) is 0.429. The Balaban J connectivity index is 1.85. The molecule has 1 fully saturated rings. The Morgan fingerprint density at radius 1 is 1.04 bits per heavy atom. The molecule has 6 N–H and O–H groups in total. The highest BCUT2D eigenvalue weighted by molar-refractivity contribution is 5.58. The van der Waals surface area contributed by atoms with Gasteiger partial charge in [-0.2, -0.15) is 4.98 Å². The molecule has 2 aromatic rings. The molecule has 9 nitrogen and oxygen atoms in total. The Morgan fingerprint density at radius 2 is 1.74 bits per heavy atom. The molecular weight excluding hydrogens is 306 g/mol. The van der Waals surface area contributed by atoms with E-state index in [2.05, 4.69) is 10.1 Å². The predicted molar refractivity (Wildman–Crippen MR) is 76.9 cm³/mol. The normalized spacial score (nSPS) is 31.2. The highest BCUT2D eigenvalue weighted by Crippen LogP contribution is 2.32. The van der Waals surface area contributed by atoms with Gasteiger partial charge in [-0.25, -0.2) is 0 Å². The van der Waals surface area contributed by atoms with Crippen LogP contribution in [0.3, 0.4) is 0 Å². The van der Waals surface area contributed by atoms with Gasteiger partial charge in [0.25, 0.3) is 5.89 Å². The number of benzene rings is 1. The Morgan fingerprint density at radius 3 is 2.39 bits per heavy atom. The van der Waals surface area contributed by atoms with E-state index < -0.39 is 37.1 Å². The minimum atomic E-state index is -1.50. The zero-order valence-corrected chi connectivity index (χ0v) is 12.0. The second-order valence-corrected chi connectivity index (χ2v) is 5.33. The van der Waals surface area contributed by atoms with Gasteiger partial charge in [-0.1, -0.05) is 5.16 Å². The smallest absolute Gasteiger partial charge is 0.258 e. The summed E-state index contributed by atoms with van der Waals surface area (Å²) >= 11 is 0. The third kappa shape index (κ3) is 2.92. The Hall–Kier alpha value is -2.04. The molecule has 1 aliphatic rings. The van der Waals surface area contributed by atoms with Gasteiger partial charge in [-0.15, -0.1) is 0 Å². The molecule has 124 valence electrons. The molecule has 1 aromatic heterocycles. The van der Waals surface area contributed by atoms with Crippen LogP contribution in [0.1, 0.15) is 12.0 Å². The van der Waals surface area contributed by atoms with Crippen LogP contribution in [-0.2, 0) is 4.74 Å². The molecule has 23 heavy (non-hydrogen) atoms. The number of aliphatic hydroxyl groups is 4. The quantitative estimate of drug-likeness (QED) is 0.439. The van der Waals surface area contributed by atoms with E-state index in [9.17, 15) is 20.4 Å². The average molecular weight is 323 g/mol. The Bertz CT molecular complexity index is 659. The van der Waals surface area contributed by atoms with Gasteiger partial charge >= 0.3 is 0 Å². The van der Waals surface area contributed by atoms with Gasteiger partial charge in [-0.3, -0.25) is 0 Å². The van der Waals surface area contributed by atoms with Crippen molar-refractivity contribution in [3.63, 3.8) is 0 Å². The monoisotopic (exact) mass is 323 g/mol. The van der Waals surface area contributed by atoms with Crippen LogP contribution in [0.15, 0.2) is 28.8 Å². The Kier molecular flexibility index (Phi) is 4.28. The standard InChI is InChI=1S/C14H17N3O6/c15-7-3-1-6(2-4-7)13-16-14(23-17-13)12-11(21)10(20)9(19)8(5-18)22-12/h1-4,8-12,18-21H,5,15H2/t8-,9-,10+,11-,12-/m1/s1. The van der Waals surface area contributed by atoms with Gasteiger partial charge in [0.1, 0.15) is 24.4 Å². The summed E-state index contributed by atoms with van der Waals surface area (Å²) in [5.74, 6) is 0.200. The first kappa shape index (κ1) is 15.8. The fourth-order valence-corrected chi connectivity index (χ4v) is 2.41. The van der Waals surface area contributed by atoms with E-state index in [1.54, 1.807) is 24.3 Å². The van der Waals surface area contributed by atoms with Crippen LogP contribution in [0.5, 0.6) is 0 Å². The lowest BCUT2D eigenvalue weighted by atomic mass is 9.95. The molecule has 0 unspecified atom stereocenters. The Labute approximate surface area is 130 Å². The van der Waals surface area contributed by atoms with E-state index in [0.29, 0.717) is 11.3 Å². The van der Waals surface area contributed by atoms with Gasteiger partial charge in [0, 0.05) is 11.3 Å². The predicted octanol–water partition coefficient (Wildman–Crippen LogP) is -1.17. The zero-order valence-electron chi connectivity index (χ0n) is 12.0. The zero-order chi connectivity index (χ0) is 16.6. The number of ether oxygens (including phenoxy) is 1. The van der Waals surface area contributed by atoms with Crippen LogP contribution in [-0.4, -0.2) is 61.6 Å². The number of aromatic nitrogens is 2. The van der Waals surface area contributed by atoms with E-state index in [1.807, 2.05) is 0 Å². The summed E-state index contributed by atoms with van der Waals surface area (Å²) < 4.78 is 10.4. The number of rotatable bonds is 3. The summed E-state index contributed by atoms with van der Waals surface area (Å²) in [5, 5.41) is 42.6. The van der Waals surface area contributed by atoms with Crippen LogP contribution in [0.4, 0.5) is 5.69 Å². The SMILES string of the molecule is Nc1ccc(-c2noc([C@@H]3O[C@H](CO)[C@@H](O)[C@H](O)[C@H]3O)n2)cc1. The van der Waals surface area contributed by atoms with Crippen molar-refractivity contribution in [2.75, 3.05) is 12.3 Å². The van der Waals surface area contributed by atoms with Crippen LogP contribution in [0.25, 0.3) is 11.4 Å². The van der Waals surface area contributed by atoms with Gasteiger partial charge in [0.05, 0.1) is 6.61 Å². The molecule has 1 saturated heterocycles. The first-order valence-corrected chi connectivity index (χ1v) is 7.01. The number of aliphatic hydroxyl groups excluding tert-OH is 4. The molecule has 0 aliphatic carbocycles. The average Bonchev–Trinajstić information content (AvgIpc) is 3.03. The summed E-state index contributed by atoms with van der Waals surface area (Å²) in [6, 6.07) is 6.77. The van der Waals surface area contributed by atoms with E-state index in [1.165, 1.54) is 0 Å². The maximum Gasteiger partial charge on any atom is 0.258 e.